The molecule has 0 heterocycles. The third kappa shape index (κ3) is 11.3. The number of amides is 3. The predicted molar refractivity (Wildman–Crippen MR) is 123 cm³/mol. The Hall–Kier alpha value is -3.14. The van der Waals surface area contributed by atoms with Gasteiger partial charge in [0, 0.05) is 20.0 Å². The van der Waals surface area contributed by atoms with Crippen LogP contribution in [0, 0.1) is 0 Å². The Balaban J connectivity index is 2.64. The summed E-state index contributed by atoms with van der Waals surface area (Å²) in [5.74, 6) is -2.28. The van der Waals surface area contributed by atoms with Crippen LogP contribution in [0.4, 0.5) is 4.79 Å². The summed E-state index contributed by atoms with van der Waals surface area (Å²) in [6, 6.07) is 6.99. The zero-order valence-corrected chi connectivity index (χ0v) is 19.8. The Bertz CT molecular complexity index is 794. The Morgan fingerprint density at radius 3 is 2.24 bits per heavy atom. The molecule has 33 heavy (non-hydrogen) atoms. The van der Waals surface area contributed by atoms with E-state index in [1.807, 2.05) is 30.3 Å². The van der Waals surface area contributed by atoms with E-state index in [1.165, 1.54) is 4.90 Å². The molecule has 1 aromatic rings. The monoisotopic (exact) mass is 464 g/mol. The Kier molecular flexibility index (Phi) is 11.3. The first-order valence-electron chi connectivity index (χ1n) is 10.9. The molecule has 0 saturated heterocycles. The standard InChI is InChI=1S/C23H36N4O6/c1-23(2,3)33-22(32)27(4)13-9-8-12-17(21(30)31)26-20(29)18(25-19(28)15-24)14-16-10-6-5-7-11-16/h5-7,10-11,17-18H,8-9,12-15,24H2,1-4H3,(H,25,28)(H,26,29)(H,30,31)/t17-,18-/m0/s1. The Morgan fingerprint density at radius 1 is 1.06 bits per heavy atom. The van der Waals surface area contributed by atoms with Gasteiger partial charge in [-0.3, -0.25) is 9.59 Å². The number of nitrogens with one attached hydrogen (secondary N) is 2. The number of carboxylic acid groups (broad SMARTS) is 1. The Labute approximate surface area is 194 Å². The molecule has 0 bridgehead atoms. The minimum Gasteiger partial charge on any atom is -0.480 e. The average molecular weight is 465 g/mol. The molecule has 0 radical (unpaired) electrons. The van der Waals surface area contributed by atoms with Crippen LogP contribution < -0.4 is 16.4 Å². The maximum Gasteiger partial charge on any atom is 0.410 e. The summed E-state index contributed by atoms with van der Waals surface area (Å²) in [5.41, 5.74) is 5.56. The van der Waals surface area contributed by atoms with E-state index in [0.717, 1.165) is 5.56 Å². The lowest BCUT2D eigenvalue weighted by molar-refractivity contribution is -0.142. The van der Waals surface area contributed by atoms with Crippen LogP contribution in [0.2, 0.25) is 0 Å². The van der Waals surface area contributed by atoms with Crippen LogP contribution in [0.1, 0.15) is 45.6 Å². The normalized spacial score (nSPS) is 12.9. The third-order valence-corrected chi connectivity index (χ3v) is 4.68. The van der Waals surface area contributed by atoms with E-state index in [4.69, 9.17) is 10.5 Å². The van der Waals surface area contributed by atoms with Crippen LogP contribution in [-0.2, 0) is 25.5 Å². The largest absolute Gasteiger partial charge is 0.480 e. The lowest BCUT2D eigenvalue weighted by atomic mass is 10.0. The molecule has 0 aliphatic carbocycles. The molecule has 10 nitrogen and oxygen atoms in total. The van der Waals surface area contributed by atoms with Crippen molar-refractivity contribution in [3.63, 3.8) is 0 Å². The fraction of sp³-hybridized carbons (Fsp3) is 0.565. The molecule has 0 spiro atoms. The number of nitrogens with zero attached hydrogens (tertiary/aromatic N) is 1. The van der Waals surface area contributed by atoms with Crippen LogP contribution in [-0.4, -0.2) is 71.7 Å². The quantitative estimate of drug-likeness (QED) is 0.340. The van der Waals surface area contributed by atoms with E-state index >= 15 is 0 Å². The zero-order valence-electron chi connectivity index (χ0n) is 19.8. The van der Waals surface area contributed by atoms with E-state index in [2.05, 4.69) is 10.6 Å². The summed E-state index contributed by atoms with van der Waals surface area (Å²) < 4.78 is 5.28. The molecule has 0 fully saturated rings. The van der Waals surface area contributed by atoms with Gasteiger partial charge in [-0.1, -0.05) is 30.3 Å². The number of nitrogens with two attached hydrogens (primary N) is 1. The number of rotatable bonds is 12. The summed E-state index contributed by atoms with van der Waals surface area (Å²) in [5, 5.41) is 14.6. The third-order valence-electron chi connectivity index (χ3n) is 4.68. The van der Waals surface area contributed by atoms with Crippen molar-refractivity contribution < 1.29 is 29.0 Å². The molecule has 10 heteroatoms. The molecule has 3 amide bonds. The molecule has 2 atom stereocenters. The van der Waals surface area contributed by atoms with Gasteiger partial charge in [0.2, 0.25) is 11.8 Å². The highest BCUT2D eigenvalue weighted by atomic mass is 16.6. The predicted octanol–water partition coefficient (Wildman–Crippen LogP) is 1.28. The first-order chi connectivity index (χ1) is 15.4. The number of carbonyl (C=O) groups excluding carboxylic acids is 3. The van der Waals surface area contributed by atoms with Crippen LogP contribution in [0.25, 0.3) is 0 Å². The number of ether oxygens (including phenoxy) is 1. The van der Waals surface area contributed by atoms with E-state index in [9.17, 15) is 24.3 Å². The van der Waals surface area contributed by atoms with Crippen molar-refractivity contribution in [2.45, 2.75) is 64.1 Å². The van der Waals surface area contributed by atoms with Crippen molar-refractivity contribution in [1.82, 2.24) is 15.5 Å². The number of hydrogen-bond donors (Lipinski definition) is 4. The van der Waals surface area contributed by atoms with Gasteiger partial charge in [-0.2, -0.15) is 0 Å². The van der Waals surface area contributed by atoms with Crippen LogP contribution >= 0.6 is 0 Å². The second-order valence-electron chi connectivity index (χ2n) is 8.81. The van der Waals surface area contributed by atoms with E-state index < -0.39 is 41.6 Å². The van der Waals surface area contributed by atoms with Gasteiger partial charge < -0.3 is 31.1 Å². The topological polar surface area (TPSA) is 151 Å². The molecule has 1 aromatic carbocycles. The van der Waals surface area contributed by atoms with Crippen molar-refractivity contribution in [3.8, 4) is 0 Å². The second kappa shape index (κ2) is 13.4. The van der Waals surface area contributed by atoms with E-state index in [0.29, 0.717) is 19.4 Å². The van der Waals surface area contributed by atoms with Gasteiger partial charge in [-0.05, 0) is 45.6 Å². The summed E-state index contributed by atoms with van der Waals surface area (Å²) >= 11 is 0. The first-order valence-corrected chi connectivity index (χ1v) is 10.9. The SMILES string of the molecule is CN(CCCC[C@H](NC(=O)[C@H](Cc1ccccc1)NC(=O)CN)C(=O)O)C(=O)OC(C)(C)C. The highest BCUT2D eigenvalue weighted by Gasteiger charge is 2.26. The molecule has 0 aliphatic heterocycles. The van der Waals surface area contributed by atoms with Gasteiger partial charge in [0.1, 0.15) is 17.7 Å². The minimum absolute atomic E-state index is 0.173. The number of carboxylic acids is 1. The fourth-order valence-electron chi connectivity index (χ4n) is 2.97. The molecule has 1 rings (SSSR count). The van der Waals surface area contributed by atoms with E-state index in [-0.39, 0.29) is 19.4 Å². The lowest BCUT2D eigenvalue weighted by Gasteiger charge is -2.25. The van der Waals surface area contributed by atoms with Crippen LogP contribution in [0.3, 0.4) is 0 Å². The van der Waals surface area contributed by atoms with Crippen molar-refractivity contribution >= 4 is 23.9 Å². The summed E-state index contributed by atoms with van der Waals surface area (Å²) in [6.45, 7) is 5.43. The number of aliphatic carboxylic acids is 1. The molecule has 0 aromatic heterocycles. The van der Waals surface area contributed by atoms with Gasteiger partial charge in [-0.15, -0.1) is 0 Å². The van der Waals surface area contributed by atoms with Crippen molar-refractivity contribution in [2.75, 3.05) is 20.1 Å². The van der Waals surface area contributed by atoms with Gasteiger partial charge >= 0.3 is 12.1 Å². The van der Waals surface area contributed by atoms with Gasteiger partial charge in [-0.25, -0.2) is 9.59 Å². The molecule has 0 saturated carbocycles. The summed E-state index contributed by atoms with van der Waals surface area (Å²) in [7, 11) is 1.61. The maximum absolute atomic E-state index is 12.8. The summed E-state index contributed by atoms with van der Waals surface area (Å²) in [4.78, 5) is 49.7. The molecule has 5 N–H and O–H groups in total. The van der Waals surface area contributed by atoms with Gasteiger partial charge in [0.15, 0.2) is 0 Å². The lowest BCUT2D eigenvalue weighted by Crippen LogP contribution is -2.53. The molecule has 0 unspecified atom stereocenters. The van der Waals surface area contributed by atoms with Crippen molar-refractivity contribution in [1.29, 1.82) is 0 Å². The van der Waals surface area contributed by atoms with Crippen LogP contribution in [0.15, 0.2) is 30.3 Å². The van der Waals surface area contributed by atoms with Crippen molar-refractivity contribution in [2.24, 2.45) is 5.73 Å². The minimum atomic E-state index is -1.17. The number of carbonyl (C=O) groups is 4. The first kappa shape index (κ1) is 27.9. The number of benzene rings is 1. The second-order valence-corrected chi connectivity index (χ2v) is 8.81. The van der Waals surface area contributed by atoms with Crippen molar-refractivity contribution in [3.05, 3.63) is 35.9 Å². The molecular weight excluding hydrogens is 428 g/mol. The average Bonchev–Trinajstić information content (AvgIpc) is 2.74. The Morgan fingerprint density at radius 2 is 1.70 bits per heavy atom. The number of unbranched alkanes of at least 4 members (excludes halogenated alkanes) is 1. The highest BCUT2D eigenvalue weighted by molar-refractivity contribution is 5.91. The molecule has 0 aliphatic rings. The number of hydrogen-bond acceptors (Lipinski definition) is 6. The van der Waals surface area contributed by atoms with Gasteiger partial charge in [0.25, 0.3) is 0 Å². The molecule has 184 valence electrons. The zero-order chi connectivity index (χ0) is 25.0. The maximum atomic E-state index is 12.8. The van der Waals surface area contributed by atoms with Gasteiger partial charge in [0.05, 0.1) is 6.54 Å². The molecular formula is C23H36N4O6. The highest BCUT2D eigenvalue weighted by Crippen LogP contribution is 2.11. The fourth-order valence-corrected chi connectivity index (χ4v) is 2.97. The van der Waals surface area contributed by atoms with E-state index in [1.54, 1.807) is 27.8 Å². The van der Waals surface area contributed by atoms with Crippen LogP contribution in [0.5, 0.6) is 0 Å². The summed E-state index contributed by atoms with van der Waals surface area (Å²) in [6.07, 6.45) is 0.915. The smallest absolute Gasteiger partial charge is 0.410 e.